The summed E-state index contributed by atoms with van der Waals surface area (Å²) in [6.07, 6.45) is -2.19. The van der Waals surface area contributed by atoms with Gasteiger partial charge in [0.05, 0.1) is 17.8 Å². The number of fused-ring (bicyclic) bond motifs is 1. The summed E-state index contributed by atoms with van der Waals surface area (Å²) in [5.74, 6) is 1.43. The Morgan fingerprint density at radius 3 is 2.44 bits per heavy atom. The average Bonchev–Trinajstić information content (AvgIpc) is 3.05. The van der Waals surface area contributed by atoms with Gasteiger partial charge in [0.2, 0.25) is 0 Å². The molecule has 3 aromatic rings. The smallest absolute Gasteiger partial charge is 0.303 e. The van der Waals surface area contributed by atoms with Crippen LogP contribution in [0.15, 0.2) is 48.5 Å². The van der Waals surface area contributed by atoms with Crippen molar-refractivity contribution in [1.29, 1.82) is 0 Å². The summed E-state index contributed by atoms with van der Waals surface area (Å²) < 4.78 is 28.0. The van der Waals surface area contributed by atoms with E-state index in [9.17, 15) is 23.7 Å². The van der Waals surface area contributed by atoms with Crippen LogP contribution in [-0.4, -0.2) is 37.9 Å². The molecule has 0 radical (unpaired) electrons. The predicted molar refractivity (Wildman–Crippen MR) is 122 cm³/mol. The molecule has 0 fully saturated rings. The number of hydrogen-bond donors (Lipinski definition) is 3. The zero-order valence-corrected chi connectivity index (χ0v) is 18.7. The second-order valence-corrected chi connectivity index (χ2v) is 9.95. The van der Waals surface area contributed by atoms with E-state index >= 15 is 0 Å². The molecular formula is C24H25FNO5P. The van der Waals surface area contributed by atoms with E-state index in [2.05, 4.69) is 11.6 Å². The molecule has 3 N–H and O–H groups in total. The van der Waals surface area contributed by atoms with Crippen molar-refractivity contribution in [3.63, 3.8) is 0 Å². The first-order valence-corrected chi connectivity index (χ1v) is 12.1. The molecule has 0 spiro atoms. The highest BCUT2D eigenvalue weighted by Gasteiger charge is 2.23. The lowest BCUT2D eigenvalue weighted by Gasteiger charge is -2.12. The van der Waals surface area contributed by atoms with Crippen molar-refractivity contribution in [2.45, 2.75) is 38.7 Å². The van der Waals surface area contributed by atoms with Gasteiger partial charge in [0.15, 0.2) is 0 Å². The molecule has 1 unspecified atom stereocenters. The van der Waals surface area contributed by atoms with Gasteiger partial charge in [-0.15, -0.1) is 0 Å². The van der Waals surface area contributed by atoms with Gasteiger partial charge < -0.3 is 19.7 Å². The maximum absolute atomic E-state index is 13.5. The van der Waals surface area contributed by atoms with Gasteiger partial charge in [-0.1, -0.05) is 32.0 Å². The molecule has 0 saturated carbocycles. The van der Waals surface area contributed by atoms with Crippen molar-refractivity contribution in [2.24, 2.45) is 0 Å². The molecule has 0 aliphatic carbocycles. The minimum Gasteiger partial charge on any atom is -0.481 e. The third-order valence-corrected chi connectivity index (χ3v) is 6.45. The number of aliphatic hydroxyl groups excluding tert-OH is 1. The molecule has 1 heterocycles. The van der Waals surface area contributed by atoms with Crippen LogP contribution in [0, 0.1) is 17.4 Å². The van der Waals surface area contributed by atoms with Crippen molar-refractivity contribution in [2.75, 3.05) is 6.16 Å². The van der Waals surface area contributed by atoms with Crippen LogP contribution in [0.25, 0.3) is 16.6 Å². The number of carboxylic acids is 1. The zero-order valence-electron chi connectivity index (χ0n) is 17.8. The van der Waals surface area contributed by atoms with Crippen molar-refractivity contribution < 1.29 is 28.9 Å². The summed E-state index contributed by atoms with van der Waals surface area (Å²) in [5, 5.41) is 19.6. The van der Waals surface area contributed by atoms with Crippen molar-refractivity contribution >= 4 is 24.2 Å². The Hall–Kier alpha value is -2.91. The first-order valence-electron chi connectivity index (χ1n) is 10.2. The van der Waals surface area contributed by atoms with Crippen LogP contribution in [0.3, 0.4) is 0 Å². The Labute approximate surface area is 185 Å². The molecule has 2 aromatic carbocycles. The largest absolute Gasteiger partial charge is 0.481 e. The molecule has 168 valence electrons. The number of aliphatic carboxylic acids is 1. The summed E-state index contributed by atoms with van der Waals surface area (Å²) in [7, 11) is -4.06. The number of para-hydroxylation sites is 1. The topological polar surface area (TPSA) is 99.8 Å². The molecule has 0 amide bonds. The van der Waals surface area contributed by atoms with Gasteiger partial charge in [0.1, 0.15) is 11.5 Å². The van der Waals surface area contributed by atoms with E-state index in [1.807, 2.05) is 42.7 Å². The Balaban J connectivity index is 2.11. The number of carboxylic acid groups (broad SMARTS) is 1. The summed E-state index contributed by atoms with van der Waals surface area (Å²) in [5.41, 5.74) is 5.33. The van der Waals surface area contributed by atoms with Crippen LogP contribution in [0.2, 0.25) is 0 Å². The summed E-state index contributed by atoms with van der Waals surface area (Å²) in [6.45, 7) is 3.99. The normalized spacial score (nSPS) is 14.1. The van der Waals surface area contributed by atoms with Crippen molar-refractivity contribution in [3.05, 3.63) is 65.6 Å². The highest BCUT2D eigenvalue weighted by Crippen LogP contribution is 2.41. The van der Waals surface area contributed by atoms with Crippen LogP contribution in [0.4, 0.5) is 4.39 Å². The number of halogens is 1. The molecule has 8 heteroatoms. The molecular weight excluding hydrogens is 432 g/mol. The van der Waals surface area contributed by atoms with Gasteiger partial charge >= 0.3 is 5.97 Å². The maximum Gasteiger partial charge on any atom is 0.303 e. The first-order chi connectivity index (χ1) is 15.1. The van der Waals surface area contributed by atoms with Crippen molar-refractivity contribution in [1.82, 2.24) is 4.57 Å². The number of aromatic nitrogens is 1. The Morgan fingerprint density at radius 2 is 1.81 bits per heavy atom. The fourth-order valence-corrected chi connectivity index (χ4v) is 4.81. The molecule has 0 saturated heterocycles. The first kappa shape index (κ1) is 23.7. The molecule has 0 aliphatic rings. The third kappa shape index (κ3) is 5.46. The Morgan fingerprint density at radius 1 is 1.16 bits per heavy atom. The average molecular weight is 457 g/mol. The lowest BCUT2D eigenvalue weighted by Crippen LogP contribution is -2.14. The van der Waals surface area contributed by atoms with E-state index < -0.39 is 25.6 Å². The van der Waals surface area contributed by atoms with Gasteiger partial charge in [-0.3, -0.25) is 9.36 Å². The second-order valence-electron chi connectivity index (χ2n) is 7.95. The van der Waals surface area contributed by atoms with Gasteiger partial charge in [-0.2, -0.15) is 0 Å². The van der Waals surface area contributed by atoms with E-state index in [-0.39, 0.29) is 24.6 Å². The molecule has 0 aliphatic heterocycles. The minimum atomic E-state index is -4.06. The summed E-state index contributed by atoms with van der Waals surface area (Å²) in [4.78, 5) is 21.0. The monoisotopic (exact) mass is 457 g/mol. The molecule has 3 rings (SSSR count). The highest BCUT2D eigenvalue weighted by atomic mass is 31.2. The number of benzene rings is 2. The van der Waals surface area contributed by atoms with E-state index in [0.717, 1.165) is 16.5 Å². The van der Waals surface area contributed by atoms with E-state index in [1.54, 1.807) is 12.1 Å². The Bertz CT molecular complexity index is 1240. The third-order valence-electron chi connectivity index (χ3n) is 5.07. The zero-order chi connectivity index (χ0) is 23.5. The quantitative estimate of drug-likeness (QED) is 0.353. The number of aliphatic hydroxyl groups is 1. The van der Waals surface area contributed by atoms with Gasteiger partial charge in [0, 0.05) is 17.5 Å². The number of carbonyl (C=O) groups is 1. The van der Waals surface area contributed by atoms with Crippen LogP contribution in [0.5, 0.6) is 0 Å². The van der Waals surface area contributed by atoms with Crippen LogP contribution in [0.1, 0.15) is 43.9 Å². The summed E-state index contributed by atoms with van der Waals surface area (Å²) in [6, 6.07) is 13.5. The molecule has 1 aromatic heterocycles. The maximum atomic E-state index is 13.5. The second kappa shape index (κ2) is 9.70. The van der Waals surface area contributed by atoms with E-state index in [4.69, 9.17) is 5.11 Å². The van der Waals surface area contributed by atoms with E-state index in [0.29, 0.717) is 11.4 Å². The SMILES string of the molecule is CC(C)c1c(C#CP(=O)(O)C[C@@H](O)CCC(=O)O)n(-c2ccc(F)cc2)c2ccccc12. The van der Waals surface area contributed by atoms with Crippen LogP contribution in [-0.2, 0) is 9.36 Å². The lowest BCUT2D eigenvalue weighted by atomic mass is 9.99. The highest BCUT2D eigenvalue weighted by molar-refractivity contribution is 7.63. The van der Waals surface area contributed by atoms with Crippen molar-refractivity contribution in [3.8, 4) is 17.3 Å². The lowest BCUT2D eigenvalue weighted by molar-refractivity contribution is -0.137. The number of nitrogens with zero attached hydrogens (tertiary/aromatic N) is 1. The number of hydrogen-bond acceptors (Lipinski definition) is 3. The van der Waals surface area contributed by atoms with Crippen LogP contribution < -0.4 is 0 Å². The van der Waals surface area contributed by atoms with Gasteiger partial charge in [-0.25, -0.2) is 4.39 Å². The molecule has 0 bridgehead atoms. The molecule has 6 nitrogen and oxygen atoms in total. The predicted octanol–water partition coefficient (Wildman–Crippen LogP) is 4.70. The fourth-order valence-electron chi connectivity index (χ4n) is 3.68. The van der Waals surface area contributed by atoms with E-state index in [1.165, 1.54) is 12.1 Å². The fraction of sp³-hybridized carbons (Fsp3) is 0.292. The molecule has 2 atom stereocenters. The van der Waals surface area contributed by atoms with Gasteiger partial charge in [0.25, 0.3) is 7.37 Å². The standard InChI is InChI=1S/C24H25FNO5P/c1-16(2)24-20-5-3-4-6-21(20)26(18-9-7-17(25)8-10-18)22(24)13-14-32(30,31)15-19(27)11-12-23(28)29/h3-10,16,19,27H,11-12,15H2,1-2H3,(H,28,29)(H,30,31)/t19-/m0/s1. The number of rotatable bonds is 7. The van der Waals surface area contributed by atoms with Crippen LogP contribution >= 0.6 is 7.37 Å². The molecule has 32 heavy (non-hydrogen) atoms. The Kier molecular flexibility index (Phi) is 7.20. The minimum absolute atomic E-state index is 0.0464. The summed E-state index contributed by atoms with van der Waals surface area (Å²) >= 11 is 0. The van der Waals surface area contributed by atoms with Gasteiger partial charge in [-0.05, 0) is 59.8 Å².